The molecule has 88 valence electrons. The molecule has 0 aliphatic rings. The van der Waals surface area contributed by atoms with Gasteiger partial charge in [0.2, 0.25) is 0 Å². The zero-order valence-corrected chi connectivity index (χ0v) is 12.1. The quantitative estimate of drug-likeness (QED) is 0.874. The van der Waals surface area contributed by atoms with Gasteiger partial charge in [0.1, 0.15) is 0 Å². The highest BCUT2D eigenvalue weighted by Crippen LogP contribution is 2.23. The Bertz CT molecular complexity index is 373. The Morgan fingerprint density at radius 3 is 2.25 bits per heavy atom. The van der Waals surface area contributed by atoms with E-state index in [1.54, 1.807) is 0 Å². The second kappa shape index (κ2) is 5.65. The third-order valence-corrected chi connectivity index (χ3v) is 3.05. The molecule has 1 unspecified atom stereocenters. The molecule has 1 rings (SSSR count). The van der Waals surface area contributed by atoms with Crippen molar-refractivity contribution in [1.82, 2.24) is 5.32 Å². The van der Waals surface area contributed by atoms with Gasteiger partial charge in [-0.2, -0.15) is 0 Å². The molecule has 1 N–H and O–H groups in total. The number of aryl methyl sites for hydroxylation is 3. The molecule has 0 amide bonds. The van der Waals surface area contributed by atoms with Gasteiger partial charge in [-0.05, 0) is 44.4 Å². The highest BCUT2D eigenvalue weighted by molar-refractivity contribution is 9.11. The second-order valence-corrected chi connectivity index (χ2v) is 5.55. The summed E-state index contributed by atoms with van der Waals surface area (Å²) in [4.78, 5) is 0. The Morgan fingerprint density at radius 2 is 1.81 bits per heavy atom. The van der Waals surface area contributed by atoms with Crippen molar-refractivity contribution >= 4 is 15.9 Å². The Hall–Kier alpha value is -0.600. The van der Waals surface area contributed by atoms with Gasteiger partial charge in [-0.25, -0.2) is 0 Å². The average molecular weight is 282 g/mol. The Kier molecular flexibility index (Phi) is 4.75. The predicted octanol–water partition coefficient (Wildman–Crippen LogP) is 4.17. The van der Waals surface area contributed by atoms with E-state index in [1.807, 2.05) is 0 Å². The molecule has 0 bridgehead atoms. The maximum atomic E-state index is 3.83. The van der Waals surface area contributed by atoms with E-state index in [0.29, 0.717) is 6.04 Å². The lowest BCUT2D eigenvalue weighted by Crippen LogP contribution is -2.21. The molecular weight excluding hydrogens is 262 g/mol. The molecule has 0 aliphatic carbocycles. The van der Waals surface area contributed by atoms with Crippen LogP contribution in [0.3, 0.4) is 0 Å². The first kappa shape index (κ1) is 13.5. The van der Waals surface area contributed by atoms with E-state index >= 15 is 0 Å². The minimum absolute atomic E-state index is 0.356. The van der Waals surface area contributed by atoms with Crippen LogP contribution in [0.4, 0.5) is 0 Å². The summed E-state index contributed by atoms with van der Waals surface area (Å²) < 4.78 is 0.988. The Balaban J connectivity index is 2.90. The van der Waals surface area contributed by atoms with Crippen molar-refractivity contribution in [2.75, 3.05) is 6.54 Å². The van der Waals surface area contributed by atoms with Gasteiger partial charge < -0.3 is 5.32 Å². The first-order chi connectivity index (χ1) is 7.41. The second-order valence-electron chi connectivity index (χ2n) is 4.43. The van der Waals surface area contributed by atoms with Crippen LogP contribution in [-0.2, 0) is 0 Å². The molecule has 1 nitrogen and oxygen atoms in total. The summed E-state index contributed by atoms with van der Waals surface area (Å²) in [7, 11) is 0. The topological polar surface area (TPSA) is 12.0 Å². The molecule has 0 heterocycles. The summed E-state index contributed by atoms with van der Waals surface area (Å²) in [5.41, 5.74) is 5.45. The third-order valence-electron chi connectivity index (χ3n) is 2.77. The van der Waals surface area contributed by atoms with E-state index in [4.69, 9.17) is 0 Å². The number of benzene rings is 1. The van der Waals surface area contributed by atoms with Crippen LogP contribution in [0.25, 0.3) is 0 Å². The zero-order valence-electron chi connectivity index (χ0n) is 10.5. The molecule has 0 saturated heterocycles. The fraction of sp³-hybridized carbons (Fsp3) is 0.429. The van der Waals surface area contributed by atoms with Crippen molar-refractivity contribution in [1.29, 1.82) is 0 Å². The molecule has 1 aromatic carbocycles. The predicted molar refractivity (Wildman–Crippen MR) is 75.1 cm³/mol. The molecule has 1 aromatic rings. The van der Waals surface area contributed by atoms with Gasteiger partial charge in [0, 0.05) is 17.1 Å². The summed E-state index contributed by atoms with van der Waals surface area (Å²) in [5.74, 6) is 0. The van der Waals surface area contributed by atoms with Crippen LogP contribution in [0, 0.1) is 20.8 Å². The monoisotopic (exact) mass is 281 g/mol. The summed E-state index contributed by atoms with van der Waals surface area (Å²) in [5, 5.41) is 3.45. The summed E-state index contributed by atoms with van der Waals surface area (Å²) in [6.45, 7) is 13.3. The first-order valence-corrected chi connectivity index (χ1v) is 6.35. The third kappa shape index (κ3) is 3.46. The van der Waals surface area contributed by atoms with Crippen molar-refractivity contribution in [3.8, 4) is 0 Å². The highest BCUT2D eigenvalue weighted by atomic mass is 79.9. The van der Waals surface area contributed by atoms with Crippen LogP contribution in [0.2, 0.25) is 0 Å². The standard InChI is InChI=1S/C14H20BrN/c1-9-6-10(2)14(11(3)7-9)13(5)16-8-12(4)15/h6-7,13,16H,4,8H2,1-3,5H3. The average Bonchev–Trinajstić information content (AvgIpc) is 2.12. The Morgan fingerprint density at radius 1 is 1.31 bits per heavy atom. The van der Waals surface area contributed by atoms with Crippen molar-refractivity contribution in [3.63, 3.8) is 0 Å². The molecule has 0 saturated carbocycles. The molecule has 0 fully saturated rings. The van der Waals surface area contributed by atoms with Gasteiger partial charge >= 0.3 is 0 Å². The van der Waals surface area contributed by atoms with Crippen molar-refractivity contribution < 1.29 is 0 Å². The van der Waals surface area contributed by atoms with Crippen LogP contribution >= 0.6 is 15.9 Å². The lowest BCUT2D eigenvalue weighted by molar-refractivity contribution is 0.609. The molecule has 0 aliphatic heterocycles. The van der Waals surface area contributed by atoms with E-state index in [0.717, 1.165) is 11.0 Å². The van der Waals surface area contributed by atoms with E-state index in [-0.39, 0.29) is 0 Å². The number of hydrogen-bond acceptors (Lipinski definition) is 1. The molecule has 0 radical (unpaired) electrons. The minimum atomic E-state index is 0.356. The molecular formula is C14H20BrN. The highest BCUT2D eigenvalue weighted by Gasteiger charge is 2.11. The summed E-state index contributed by atoms with van der Waals surface area (Å²) in [6, 6.07) is 4.84. The van der Waals surface area contributed by atoms with Crippen molar-refractivity contribution in [2.45, 2.75) is 33.7 Å². The zero-order chi connectivity index (χ0) is 12.3. The van der Waals surface area contributed by atoms with Crippen LogP contribution in [0.5, 0.6) is 0 Å². The van der Waals surface area contributed by atoms with Gasteiger partial charge in [0.05, 0.1) is 0 Å². The summed E-state index contributed by atoms with van der Waals surface area (Å²) in [6.07, 6.45) is 0. The minimum Gasteiger partial charge on any atom is -0.306 e. The van der Waals surface area contributed by atoms with E-state index in [9.17, 15) is 0 Å². The van der Waals surface area contributed by atoms with Crippen molar-refractivity contribution in [3.05, 3.63) is 45.4 Å². The fourth-order valence-corrected chi connectivity index (χ4v) is 2.40. The lowest BCUT2D eigenvalue weighted by atomic mass is 9.95. The van der Waals surface area contributed by atoms with Gasteiger partial charge in [0.25, 0.3) is 0 Å². The summed E-state index contributed by atoms with van der Waals surface area (Å²) >= 11 is 3.37. The smallest absolute Gasteiger partial charge is 0.0300 e. The molecule has 2 heteroatoms. The van der Waals surface area contributed by atoms with Gasteiger partial charge in [0.15, 0.2) is 0 Å². The number of hydrogen-bond donors (Lipinski definition) is 1. The molecule has 0 aromatic heterocycles. The Labute approximate surface area is 107 Å². The largest absolute Gasteiger partial charge is 0.306 e. The SMILES string of the molecule is C=C(Br)CNC(C)c1c(C)cc(C)cc1C. The van der Waals surface area contributed by atoms with E-state index in [1.165, 1.54) is 22.3 Å². The molecule has 16 heavy (non-hydrogen) atoms. The van der Waals surface area contributed by atoms with Gasteiger partial charge in [-0.1, -0.05) is 40.2 Å². The number of nitrogens with one attached hydrogen (secondary N) is 1. The van der Waals surface area contributed by atoms with Gasteiger partial charge in [-0.15, -0.1) is 0 Å². The van der Waals surface area contributed by atoms with Crippen LogP contribution in [0.1, 0.15) is 35.2 Å². The fourth-order valence-electron chi connectivity index (χ4n) is 2.24. The molecule has 1 atom stereocenters. The van der Waals surface area contributed by atoms with Crippen LogP contribution in [0.15, 0.2) is 23.2 Å². The van der Waals surface area contributed by atoms with E-state index < -0.39 is 0 Å². The number of rotatable bonds is 4. The van der Waals surface area contributed by atoms with Crippen LogP contribution < -0.4 is 5.32 Å². The normalized spacial score (nSPS) is 12.6. The maximum absolute atomic E-state index is 3.83. The lowest BCUT2D eigenvalue weighted by Gasteiger charge is -2.19. The maximum Gasteiger partial charge on any atom is 0.0300 e. The van der Waals surface area contributed by atoms with Crippen molar-refractivity contribution in [2.24, 2.45) is 0 Å². The van der Waals surface area contributed by atoms with Crippen LogP contribution in [-0.4, -0.2) is 6.54 Å². The molecule has 0 spiro atoms. The first-order valence-electron chi connectivity index (χ1n) is 5.56. The van der Waals surface area contributed by atoms with Gasteiger partial charge in [-0.3, -0.25) is 0 Å². The number of halogens is 1. The van der Waals surface area contributed by atoms with E-state index in [2.05, 4.69) is 67.7 Å².